The zero-order valence-electron chi connectivity index (χ0n) is 10.0. The maximum absolute atomic E-state index is 5.84. The minimum absolute atomic E-state index is 0.222. The molecule has 0 radical (unpaired) electrons. The summed E-state index contributed by atoms with van der Waals surface area (Å²) in [5.41, 5.74) is 0. The molecule has 0 amide bonds. The average molecular weight is 210 g/mol. The molecule has 0 spiro atoms. The Kier molecular flexibility index (Phi) is 5.14. The Hall–Kier alpha value is -0.520. The molecule has 0 aromatic rings. The fourth-order valence-corrected chi connectivity index (χ4v) is 2.29. The van der Waals surface area contributed by atoms with Crippen LogP contribution in [-0.4, -0.2) is 25.4 Å². The number of hydrogen-bond acceptors (Lipinski definition) is 2. The lowest BCUT2D eigenvalue weighted by Crippen LogP contribution is -2.38. The molecule has 0 aromatic carbocycles. The van der Waals surface area contributed by atoms with E-state index in [0.717, 1.165) is 19.3 Å². The SMILES string of the molecule is C#CCC1CC[C@@H](OC(C)C)[C@H](OC)C1. The molecule has 1 aliphatic carbocycles. The van der Waals surface area contributed by atoms with Crippen LogP contribution in [0.15, 0.2) is 0 Å². The van der Waals surface area contributed by atoms with E-state index in [4.69, 9.17) is 15.9 Å². The van der Waals surface area contributed by atoms with Gasteiger partial charge in [-0.1, -0.05) is 0 Å². The van der Waals surface area contributed by atoms with Crippen molar-refractivity contribution in [3.63, 3.8) is 0 Å². The van der Waals surface area contributed by atoms with E-state index in [9.17, 15) is 0 Å². The number of ether oxygens (including phenoxy) is 2. The zero-order valence-corrected chi connectivity index (χ0v) is 10.0. The van der Waals surface area contributed by atoms with Crippen LogP contribution in [0.2, 0.25) is 0 Å². The molecule has 0 heterocycles. The van der Waals surface area contributed by atoms with Gasteiger partial charge in [-0.15, -0.1) is 12.3 Å². The van der Waals surface area contributed by atoms with Crippen LogP contribution in [0.5, 0.6) is 0 Å². The second kappa shape index (κ2) is 6.15. The summed E-state index contributed by atoms with van der Waals surface area (Å²) in [5.74, 6) is 3.36. The minimum atomic E-state index is 0.222. The minimum Gasteiger partial charge on any atom is -0.379 e. The predicted octanol–water partition coefficient (Wildman–Crippen LogP) is 2.62. The molecule has 0 bridgehead atoms. The molecule has 0 aliphatic heterocycles. The molecule has 3 atom stereocenters. The number of hydrogen-bond donors (Lipinski definition) is 0. The van der Waals surface area contributed by atoms with Crippen molar-refractivity contribution >= 4 is 0 Å². The van der Waals surface area contributed by atoms with Gasteiger partial charge in [-0.25, -0.2) is 0 Å². The van der Waals surface area contributed by atoms with Gasteiger partial charge in [0.2, 0.25) is 0 Å². The maximum atomic E-state index is 5.84. The van der Waals surface area contributed by atoms with Crippen LogP contribution in [0, 0.1) is 18.3 Å². The smallest absolute Gasteiger partial charge is 0.0840 e. The van der Waals surface area contributed by atoms with Gasteiger partial charge in [0.1, 0.15) is 0 Å². The van der Waals surface area contributed by atoms with E-state index in [2.05, 4.69) is 19.8 Å². The van der Waals surface area contributed by atoms with Crippen LogP contribution in [-0.2, 0) is 9.47 Å². The van der Waals surface area contributed by atoms with E-state index in [1.807, 2.05) is 0 Å². The molecule has 1 rings (SSSR count). The Labute approximate surface area is 93.3 Å². The molecule has 86 valence electrons. The average Bonchev–Trinajstić information content (AvgIpc) is 2.20. The molecular formula is C13H22O2. The van der Waals surface area contributed by atoms with Crippen molar-refractivity contribution in [2.75, 3.05) is 7.11 Å². The topological polar surface area (TPSA) is 18.5 Å². The predicted molar refractivity (Wildman–Crippen MR) is 61.6 cm³/mol. The zero-order chi connectivity index (χ0) is 11.3. The Bertz CT molecular complexity index is 217. The summed E-state index contributed by atoms with van der Waals surface area (Å²) in [7, 11) is 1.76. The van der Waals surface area contributed by atoms with Crippen LogP contribution < -0.4 is 0 Å². The summed E-state index contributed by atoms with van der Waals surface area (Å²) < 4.78 is 11.3. The monoisotopic (exact) mass is 210 g/mol. The van der Waals surface area contributed by atoms with Crippen molar-refractivity contribution in [2.45, 2.75) is 57.8 Å². The number of terminal acetylenes is 1. The fraction of sp³-hybridized carbons (Fsp3) is 0.846. The van der Waals surface area contributed by atoms with Crippen molar-refractivity contribution < 1.29 is 9.47 Å². The first-order valence-electron chi connectivity index (χ1n) is 5.79. The van der Waals surface area contributed by atoms with Crippen LogP contribution >= 0.6 is 0 Å². The molecule has 0 saturated heterocycles. The normalized spacial score (nSPS) is 31.5. The molecule has 1 saturated carbocycles. The van der Waals surface area contributed by atoms with E-state index in [1.54, 1.807) is 7.11 Å². The third-order valence-corrected chi connectivity index (χ3v) is 3.00. The molecule has 1 fully saturated rings. The quantitative estimate of drug-likeness (QED) is 0.664. The second-order valence-electron chi connectivity index (χ2n) is 4.58. The van der Waals surface area contributed by atoms with Crippen molar-refractivity contribution in [1.82, 2.24) is 0 Å². The summed E-state index contributed by atoms with van der Waals surface area (Å²) >= 11 is 0. The largest absolute Gasteiger partial charge is 0.379 e. The summed E-state index contributed by atoms with van der Waals surface area (Å²) in [6.07, 6.45) is 10.2. The van der Waals surface area contributed by atoms with Gasteiger partial charge >= 0.3 is 0 Å². The molecule has 1 aliphatic rings. The molecular weight excluding hydrogens is 188 g/mol. The third-order valence-electron chi connectivity index (χ3n) is 3.00. The fourth-order valence-electron chi connectivity index (χ4n) is 2.29. The summed E-state index contributed by atoms with van der Waals surface area (Å²) in [4.78, 5) is 0. The summed E-state index contributed by atoms with van der Waals surface area (Å²) in [5, 5.41) is 0. The standard InChI is InChI=1S/C13H22O2/c1-5-6-11-7-8-12(15-10(2)3)13(9-11)14-4/h1,10-13H,6-9H2,2-4H3/t11?,12-,13-/m1/s1. The van der Waals surface area contributed by atoms with E-state index >= 15 is 0 Å². The number of methoxy groups -OCH3 is 1. The Morgan fingerprint density at radius 3 is 2.60 bits per heavy atom. The van der Waals surface area contributed by atoms with E-state index in [-0.39, 0.29) is 18.3 Å². The lowest BCUT2D eigenvalue weighted by Gasteiger charge is -2.35. The first-order chi connectivity index (χ1) is 7.17. The van der Waals surface area contributed by atoms with Crippen LogP contribution in [0.25, 0.3) is 0 Å². The van der Waals surface area contributed by atoms with Crippen molar-refractivity contribution in [3.05, 3.63) is 0 Å². The highest BCUT2D eigenvalue weighted by Crippen LogP contribution is 2.30. The van der Waals surface area contributed by atoms with Gasteiger partial charge in [-0.2, -0.15) is 0 Å². The highest BCUT2D eigenvalue weighted by atomic mass is 16.5. The van der Waals surface area contributed by atoms with Gasteiger partial charge in [-0.05, 0) is 39.0 Å². The Balaban J connectivity index is 2.46. The highest BCUT2D eigenvalue weighted by molar-refractivity contribution is 4.91. The van der Waals surface area contributed by atoms with E-state index in [0.29, 0.717) is 5.92 Å². The van der Waals surface area contributed by atoms with Gasteiger partial charge < -0.3 is 9.47 Å². The lowest BCUT2D eigenvalue weighted by molar-refractivity contribution is -0.106. The molecule has 0 N–H and O–H groups in total. The van der Waals surface area contributed by atoms with Gasteiger partial charge in [0, 0.05) is 13.5 Å². The van der Waals surface area contributed by atoms with E-state index in [1.165, 1.54) is 6.42 Å². The van der Waals surface area contributed by atoms with Crippen molar-refractivity contribution in [2.24, 2.45) is 5.92 Å². The molecule has 2 nitrogen and oxygen atoms in total. The molecule has 2 heteroatoms. The van der Waals surface area contributed by atoms with Crippen LogP contribution in [0.1, 0.15) is 39.5 Å². The second-order valence-corrected chi connectivity index (χ2v) is 4.58. The maximum Gasteiger partial charge on any atom is 0.0840 e. The molecule has 0 aromatic heterocycles. The highest BCUT2D eigenvalue weighted by Gasteiger charge is 2.31. The van der Waals surface area contributed by atoms with Crippen LogP contribution in [0.3, 0.4) is 0 Å². The summed E-state index contributed by atoms with van der Waals surface area (Å²) in [6.45, 7) is 4.14. The lowest BCUT2D eigenvalue weighted by atomic mass is 9.83. The molecule has 15 heavy (non-hydrogen) atoms. The van der Waals surface area contributed by atoms with Gasteiger partial charge in [0.05, 0.1) is 18.3 Å². The van der Waals surface area contributed by atoms with Crippen molar-refractivity contribution in [1.29, 1.82) is 0 Å². The van der Waals surface area contributed by atoms with Gasteiger partial charge in [0.25, 0.3) is 0 Å². The summed E-state index contributed by atoms with van der Waals surface area (Å²) in [6, 6.07) is 0. The van der Waals surface area contributed by atoms with Gasteiger partial charge in [0.15, 0.2) is 0 Å². The number of rotatable bonds is 4. The first-order valence-corrected chi connectivity index (χ1v) is 5.79. The Morgan fingerprint density at radius 1 is 1.33 bits per heavy atom. The molecule has 1 unspecified atom stereocenters. The van der Waals surface area contributed by atoms with Gasteiger partial charge in [-0.3, -0.25) is 0 Å². The first kappa shape index (κ1) is 12.5. The Morgan fingerprint density at radius 2 is 2.07 bits per heavy atom. The van der Waals surface area contributed by atoms with E-state index < -0.39 is 0 Å². The van der Waals surface area contributed by atoms with Crippen LogP contribution in [0.4, 0.5) is 0 Å². The third kappa shape index (κ3) is 3.85. The van der Waals surface area contributed by atoms with Crippen molar-refractivity contribution in [3.8, 4) is 12.3 Å².